The summed E-state index contributed by atoms with van der Waals surface area (Å²) in [4.78, 5) is 11.8. The van der Waals surface area contributed by atoms with Gasteiger partial charge in [0.25, 0.3) is 0 Å². The highest BCUT2D eigenvalue weighted by Gasteiger charge is 2.29. The number of esters is 1. The lowest BCUT2D eigenvalue weighted by atomic mass is 10.2. The highest BCUT2D eigenvalue weighted by Crippen LogP contribution is 2.20. The van der Waals surface area contributed by atoms with E-state index in [0.717, 1.165) is 12.8 Å². The number of benzene rings is 1. The molecule has 4 nitrogen and oxygen atoms in total. The van der Waals surface area contributed by atoms with Crippen LogP contribution < -0.4 is 10.1 Å². The van der Waals surface area contributed by atoms with Crippen LogP contribution in [0.4, 0.5) is 4.39 Å². The molecule has 5 heteroatoms. The maximum Gasteiger partial charge on any atom is 0.323 e. The van der Waals surface area contributed by atoms with Crippen LogP contribution in [0.25, 0.3) is 0 Å². The van der Waals surface area contributed by atoms with Gasteiger partial charge in [0, 0.05) is 12.5 Å². The Balaban J connectivity index is 1.78. The first-order valence-electron chi connectivity index (χ1n) is 7.00. The normalized spacial score (nSPS) is 15.7. The fourth-order valence-corrected chi connectivity index (χ4v) is 1.87. The van der Waals surface area contributed by atoms with Crippen LogP contribution in [0.1, 0.15) is 26.2 Å². The summed E-state index contributed by atoms with van der Waals surface area (Å²) in [7, 11) is 0. The van der Waals surface area contributed by atoms with E-state index in [1.807, 2.05) is 0 Å². The predicted octanol–water partition coefficient (Wildman–Crippen LogP) is 2.28. The molecule has 1 aromatic carbocycles. The van der Waals surface area contributed by atoms with Crippen LogP contribution in [0.5, 0.6) is 5.75 Å². The summed E-state index contributed by atoms with van der Waals surface area (Å²) < 4.78 is 23.3. The van der Waals surface area contributed by atoms with Crippen molar-refractivity contribution < 1.29 is 18.7 Å². The average Bonchev–Trinajstić information content (AvgIpc) is 3.24. The van der Waals surface area contributed by atoms with Gasteiger partial charge in [-0.3, -0.25) is 4.79 Å². The number of ether oxygens (including phenoxy) is 2. The van der Waals surface area contributed by atoms with Gasteiger partial charge in [0.05, 0.1) is 13.2 Å². The Hall–Kier alpha value is -1.62. The van der Waals surface area contributed by atoms with Crippen LogP contribution in [0.3, 0.4) is 0 Å². The molecule has 0 aliphatic heterocycles. The van der Waals surface area contributed by atoms with Crippen molar-refractivity contribution in [2.75, 3.05) is 13.2 Å². The number of rotatable bonds is 8. The number of hydrogen-bond donors (Lipinski definition) is 1. The highest BCUT2D eigenvalue weighted by molar-refractivity contribution is 5.75. The third-order valence-electron chi connectivity index (χ3n) is 3.07. The van der Waals surface area contributed by atoms with Gasteiger partial charge in [0.15, 0.2) is 0 Å². The molecule has 1 aromatic rings. The second kappa shape index (κ2) is 7.24. The Morgan fingerprint density at radius 2 is 2.10 bits per heavy atom. The summed E-state index contributed by atoms with van der Waals surface area (Å²) in [5.74, 6) is 0.0692. The van der Waals surface area contributed by atoms with E-state index in [2.05, 4.69) is 5.32 Å². The Bertz CT molecular complexity index is 431. The topological polar surface area (TPSA) is 47.6 Å². The summed E-state index contributed by atoms with van der Waals surface area (Å²) in [6, 6.07) is 5.94. The lowest BCUT2D eigenvalue weighted by Gasteiger charge is -2.17. The summed E-state index contributed by atoms with van der Waals surface area (Å²) in [6.45, 7) is 2.55. The average molecular weight is 281 g/mol. The van der Waals surface area contributed by atoms with E-state index in [4.69, 9.17) is 9.47 Å². The molecular formula is C15H20FNO3. The predicted molar refractivity (Wildman–Crippen MR) is 73.1 cm³/mol. The molecule has 0 heterocycles. The molecule has 1 N–H and O–H groups in total. The van der Waals surface area contributed by atoms with Crippen LogP contribution in [0.15, 0.2) is 24.3 Å². The molecule has 0 spiro atoms. The van der Waals surface area contributed by atoms with Crippen LogP contribution in [-0.2, 0) is 9.53 Å². The molecule has 20 heavy (non-hydrogen) atoms. The Morgan fingerprint density at radius 3 is 2.70 bits per heavy atom. The Kier molecular flexibility index (Phi) is 5.35. The van der Waals surface area contributed by atoms with E-state index < -0.39 is 0 Å². The van der Waals surface area contributed by atoms with Crippen LogP contribution in [0, 0.1) is 5.82 Å². The van der Waals surface area contributed by atoms with Crippen molar-refractivity contribution >= 4 is 5.97 Å². The van der Waals surface area contributed by atoms with Gasteiger partial charge in [0.2, 0.25) is 0 Å². The van der Waals surface area contributed by atoms with E-state index in [9.17, 15) is 9.18 Å². The fraction of sp³-hybridized carbons (Fsp3) is 0.533. The van der Waals surface area contributed by atoms with E-state index in [1.54, 1.807) is 19.1 Å². The maximum absolute atomic E-state index is 12.8. The van der Waals surface area contributed by atoms with Gasteiger partial charge in [0.1, 0.15) is 17.6 Å². The minimum atomic E-state index is -0.331. The Morgan fingerprint density at radius 1 is 1.40 bits per heavy atom. The van der Waals surface area contributed by atoms with E-state index in [1.165, 1.54) is 12.1 Å². The van der Waals surface area contributed by atoms with Gasteiger partial charge in [-0.05, 0) is 44.0 Å². The second-order valence-electron chi connectivity index (χ2n) is 4.84. The fourth-order valence-electron chi connectivity index (χ4n) is 1.87. The van der Waals surface area contributed by atoms with Crippen molar-refractivity contribution in [3.63, 3.8) is 0 Å². The molecule has 0 amide bonds. The molecule has 1 aliphatic carbocycles. The SMILES string of the molecule is CCOC(=O)C(CCOc1ccc(F)cc1)NC1CC1. The molecule has 1 saturated carbocycles. The van der Waals surface area contributed by atoms with Gasteiger partial charge in [-0.1, -0.05) is 0 Å². The highest BCUT2D eigenvalue weighted by atomic mass is 19.1. The smallest absolute Gasteiger partial charge is 0.323 e. The van der Waals surface area contributed by atoms with Crippen LogP contribution in [0.2, 0.25) is 0 Å². The molecular weight excluding hydrogens is 261 g/mol. The van der Waals surface area contributed by atoms with Crippen molar-refractivity contribution in [1.29, 1.82) is 0 Å². The first-order chi connectivity index (χ1) is 9.69. The van der Waals surface area contributed by atoms with Gasteiger partial charge in [-0.15, -0.1) is 0 Å². The lowest BCUT2D eigenvalue weighted by molar-refractivity contribution is -0.146. The van der Waals surface area contributed by atoms with Crippen LogP contribution >= 0.6 is 0 Å². The lowest BCUT2D eigenvalue weighted by Crippen LogP contribution is -2.40. The zero-order valence-electron chi connectivity index (χ0n) is 11.6. The Labute approximate surface area is 118 Å². The first kappa shape index (κ1) is 14.8. The maximum atomic E-state index is 12.8. The minimum Gasteiger partial charge on any atom is -0.494 e. The molecule has 1 unspecified atom stereocenters. The van der Waals surface area contributed by atoms with Gasteiger partial charge < -0.3 is 14.8 Å². The summed E-state index contributed by atoms with van der Waals surface area (Å²) in [5, 5.41) is 3.26. The van der Waals surface area contributed by atoms with E-state index >= 15 is 0 Å². The number of carbonyl (C=O) groups excluding carboxylic acids is 1. The number of nitrogens with one attached hydrogen (secondary N) is 1. The molecule has 0 bridgehead atoms. The van der Waals surface area contributed by atoms with Crippen molar-refractivity contribution in [3.8, 4) is 5.75 Å². The molecule has 2 rings (SSSR count). The third kappa shape index (κ3) is 4.81. The number of halogens is 1. The van der Waals surface area contributed by atoms with Crippen LogP contribution in [-0.4, -0.2) is 31.3 Å². The molecule has 0 saturated heterocycles. The summed E-state index contributed by atoms with van der Waals surface area (Å²) in [5.41, 5.74) is 0. The van der Waals surface area contributed by atoms with Gasteiger partial charge >= 0.3 is 5.97 Å². The molecule has 110 valence electrons. The summed E-state index contributed by atoms with van der Waals surface area (Å²) in [6.07, 6.45) is 2.75. The molecule has 1 aliphatic rings. The molecule has 1 atom stereocenters. The van der Waals surface area contributed by atoms with Gasteiger partial charge in [-0.2, -0.15) is 0 Å². The third-order valence-corrected chi connectivity index (χ3v) is 3.07. The molecule has 0 radical (unpaired) electrons. The quantitative estimate of drug-likeness (QED) is 0.743. The zero-order chi connectivity index (χ0) is 14.4. The molecule has 0 aromatic heterocycles. The van der Waals surface area contributed by atoms with Crippen molar-refractivity contribution in [2.45, 2.75) is 38.3 Å². The standard InChI is InChI=1S/C15H20FNO3/c1-2-19-15(18)14(17-12-5-6-12)9-10-20-13-7-3-11(16)4-8-13/h3-4,7-8,12,14,17H,2,5-6,9-10H2,1H3. The zero-order valence-corrected chi connectivity index (χ0v) is 11.6. The van der Waals surface area contributed by atoms with E-state index in [0.29, 0.717) is 31.4 Å². The largest absolute Gasteiger partial charge is 0.494 e. The number of carbonyl (C=O) groups is 1. The monoisotopic (exact) mass is 281 g/mol. The van der Waals surface area contributed by atoms with Gasteiger partial charge in [-0.25, -0.2) is 4.39 Å². The summed E-state index contributed by atoms with van der Waals surface area (Å²) >= 11 is 0. The molecule has 1 fully saturated rings. The minimum absolute atomic E-state index is 0.234. The van der Waals surface area contributed by atoms with Crippen molar-refractivity contribution in [1.82, 2.24) is 5.32 Å². The number of hydrogen-bond acceptors (Lipinski definition) is 4. The van der Waals surface area contributed by atoms with Crippen molar-refractivity contribution in [2.24, 2.45) is 0 Å². The first-order valence-corrected chi connectivity index (χ1v) is 7.00. The second-order valence-corrected chi connectivity index (χ2v) is 4.84. The van der Waals surface area contributed by atoms with Crippen molar-refractivity contribution in [3.05, 3.63) is 30.1 Å². The van der Waals surface area contributed by atoms with E-state index in [-0.39, 0.29) is 17.8 Å².